The van der Waals surface area contributed by atoms with Crippen molar-refractivity contribution in [2.75, 3.05) is 11.9 Å². The van der Waals surface area contributed by atoms with Gasteiger partial charge in [0.25, 0.3) is 5.91 Å². The van der Waals surface area contributed by atoms with Gasteiger partial charge in [-0.3, -0.25) is 4.79 Å². The molecule has 0 saturated heterocycles. The highest BCUT2D eigenvalue weighted by atomic mass is 35.5. The molecule has 0 radical (unpaired) electrons. The second-order valence-corrected chi connectivity index (χ2v) is 8.98. The van der Waals surface area contributed by atoms with E-state index < -0.39 is 5.91 Å². The highest BCUT2D eigenvalue weighted by Crippen LogP contribution is 2.44. The highest BCUT2D eigenvalue weighted by molar-refractivity contribution is 6.36. The summed E-state index contributed by atoms with van der Waals surface area (Å²) in [4.78, 5) is 14.5. The second kappa shape index (κ2) is 7.94. The van der Waals surface area contributed by atoms with E-state index in [0.29, 0.717) is 21.5 Å². The Labute approximate surface area is 180 Å². The lowest BCUT2D eigenvalue weighted by atomic mass is 9.80. The third-order valence-corrected chi connectivity index (χ3v) is 6.17. The average Bonchev–Trinajstić information content (AvgIpc) is 2.60. The van der Waals surface area contributed by atoms with Gasteiger partial charge in [-0.1, -0.05) is 41.7 Å². The predicted molar refractivity (Wildman–Crippen MR) is 118 cm³/mol. The van der Waals surface area contributed by atoms with Gasteiger partial charge in [0, 0.05) is 28.9 Å². The fraction of sp³-hybridized carbons (Fsp3) is 0.333. The lowest BCUT2D eigenvalue weighted by molar-refractivity contribution is 0.0955. The van der Waals surface area contributed by atoms with Crippen molar-refractivity contribution in [3.05, 3.63) is 62.1 Å². The fourth-order valence-corrected chi connectivity index (χ4v) is 4.30. The highest BCUT2D eigenvalue weighted by Gasteiger charge is 2.34. The first kappa shape index (κ1) is 21.0. The van der Waals surface area contributed by atoms with E-state index in [9.17, 15) is 4.79 Å². The number of carbonyl (C=O) groups is 1. The molecule has 3 rings (SSSR count). The SMILES string of the molecule is CC1CC(C)(C)N(C)c2cc(Cl)c(/C=N/NC(=O)c3ccc(Cl)cc3Cl)cc21. The van der Waals surface area contributed by atoms with E-state index in [2.05, 4.69) is 43.2 Å². The van der Waals surface area contributed by atoms with Crippen molar-refractivity contribution in [2.45, 2.75) is 38.6 Å². The Morgan fingerprint density at radius 3 is 2.61 bits per heavy atom. The molecule has 0 saturated carbocycles. The number of benzene rings is 2. The lowest BCUT2D eigenvalue weighted by Crippen LogP contribution is -2.45. The average molecular weight is 439 g/mol. The molecular weight excluding hydrogens is 417 g/mol. The maximum absolute atomic E-state index is 12.3. The van der Waals surface area contributed by atoms with Crippen LogP contribution in [-0.4, -0.2) is 24.7 Å². The van der Waals surface area contributed by atoms with E-state index in [1.807, 2.05) is 12.1 Å². The van der Waals surface area contributed by atoms with Crippen LogP contribution in [-0.2, 0) is 0 Å². The molecule has 7 heteroatoms. The molecule has 1 aliphatic rings. The largest absolute Gasteiger partial charge is 0.369 e. The molecule has 2 aromatic rings. The van der Waals surface area contributed by atoms with Crippen LogP contribution < -0.4 is 10.3 Å². The molecule has 1 unspecified atom stereocenters. The van der Waals surface area contributed by atoms with E-state index in [-0.39, 0.29) is 10.6 Å². The monoisotopic (exact) mass is 437 g/mol. The van der Waals surface area contributed by atoms with Crippen LogP contribution in [0.4, 0.5) is 5.69 Å². The molecule has 28 heavy (non-hydrogen) atoms. The molecular formula is C21H22Cl3N3O. The van der Waals surface area contributed by atoms with E-state index in [4.69, 9.17) is 34.8 Å². The minimum absolute atomic E-state index is 0.0666. The van der Waals surface area contributed by atoms with E-state index in [1.54, 1.807) is 18.3 Å². The Hall–Kier alpha value is -1.75. The van der Waals surface area contributed by atoms with Crippen molar-refractivity contribution < 1.29 is 4.79 Å². The Balaban J connectivity index is 1.81. The van der Waals surface area contributed by atoms with Gasteiger partial charge in [0.1, 0.15) is 0 Å². The number of fused-ring (bicyclic) bond motifs is 1. The topological polar surface area (TPSA) is 44.7 Å². The number of hydrazone groups is 1. The van der Waals surface area contributed by atoms with Crippen LogP contribution in [0.25, 0.3) is 0 Å². The first-order valence-corrected chi connectivity index (χ1v) is 10.1. The number of nitrogens with zero attached hydrogens (tertiary/aromatic N) is 2. The molecule has 0 aliphatic carbocycles. The third-order valence-electron chi connectivity index (χ3n) is 5.30. The molecule has 1 heterocycles. The number of carbonyl (C=O) groups excluding carboxylic acids is 1. The van der Waals surface area contributed by atoms with Gasteiger partial charge >= 0.3 is 0 Å². The second-order valence-electron chi connectivity index (χ2n) is 7.73. The maximum atomic E-state index is 12.3. The Morgan fingerprint density at radius 2 is 1.93 bits per heavy atom. The first-order valence-electron chi connectivity index (χ1n) is 8.96. The van der Waals surface area contributed by atoms with Gasteiger partial charge in [0.05, 0.1) is 21.8 Å². The van der Waals surface area contributed by atoms with E-state index >= 15 is 0 Å². The molecule has 0 aromatic heterocycles. The molecule has 1 amide bonds. The number of amides is 1. The molecule has 1 atom stereocenters. The smallest absolute Gasteiger partial charge is 0.272 e. The number of hydrogen-bond acceptors (Lipinski definition) is 3. The molecule has 1 N–H and O–H groups in total. The minimum atomic E-state index is -0.415. The Morgan fingerprint density at radius 1 is 1.21 bits per heavy atom. The third kappa shape index (κ3) is 4.14. The van der Waals surface area contributed by atoms with Crippen molar-refractivity contribution in [1.29, 1.82) is 0 Å². The normalized spacial score (nSPS) is 18.2. The standard InChI is InChI=1S/C21H22Cl3N3O/c1-12-10-21(2,3)27(4)19-9-17(23)13(7-16(12)19)11-25-26-20(28)15-6-5-14(22)8-18(15)24/h5-9,11-12H,10H2,1-4H3,(H,26,28)/b25-11+. The van der Waals surface area contributed by atoms with Crippen molar-refractivity contribution in [2.24, 2.45) is 5.10 Å². The van der Waals surface area contributed by atoms with Gasteiger partial charge in [-0.25, -0.2) is 5.43 Å². The Kier molecular flexibility index (Phi) is 5.95. The summed E-state index contributed by atoms with van der Waals surface area (Å²) in [5.41, 5.74) is 5.95. The zero-order valence-electron chi connectivity index (χ0n) is 16.2. The van der Waals surface area contributed by atoms with Crippen molar-refractivity contribution in [3.8, 4) is 0 Å². The number of hydrogen-bond donors (Lipinski definition) is 1. The van der Waals surface area contributed by atoms with E-state index in [1.165, 1.54) is 11.6 Å². The predicted octanol–water partition coefficient (Wildman–Crippen LogP) is 6.13. The number of anilines is 1. The molecule has 2 aromatic carbocycles. The van der Waals surface area contributed by atoms with Gasteiger partial charge in [-0.2, -0.15) is 5.10 Å². The van der Waals surface area contributed by atoms with Crippen LogP contribution in [0, 0.1) is 0 Å². The van der Waals surface area contributed by atoms with Gasteiger partial charge in [-0.15, -0.1) is 0 Å². The van der Waals surface area contributed by atoms with Crippen molar-refractivity contribution in [3.63, 3.8) is 0 Å². The van der Waals surface area contributed by atoms with Crippen LogP contribution in [0.15, 0.2) is 35.4 Å². The zero-order valence-corrected chi connectivity index (χ0v) is 18.5. The number of nitrogens with one attached hydrogen (secondary N) is 1. The van der Waals surface area contributed by atoms with Gasteiger partial charge in [0.15, 0.2) is 0 Å². The van der Waals surface area contributed by atoms with Crippen LogP contribution in [0.5, 0.6) is 0 Å². The summed E-state index contributed by atoms with van der Waals surface area (Å²) in [6.45, 7) is 6.67. The van der Waals surface area contributed by atoms with Crippen LogP contribution in [0.2, 0.25) is 15.1 Å². The number of rotatable bonds is 3. The molecule has 4 nitrogen and oxygen atoms in total. The van der Waals surface area contributed by atoms with Gasteiger partial charge in [0.2, 0.25) is 0 Å². The van der Waals surface area contributed by atoms with Crippen molar-refractivity contribution in [1.82, 2.24) is 5.43 Å². The van der Waals surface area contributed by atoms with Gasteiger partial charge < -0.3 is 4.90 Å². The molecule has 0 bridgehead atoms. The minimum Gasteiger partial charge on any atom is -0.369 e. The van der Waals surface area contributed by atoms with Crippen LogP contribution in [0.1, 0.15) is 54.6 Å². The summed E-state index contributed by atoms with van der Waals surface area (Å²) in [5.74, 6) is -0.0186. The zero-order chi connectivity index (χ0) is 20.6. The molecule has 148 valence electrons. The summed E-state index contributed by atoms with van der Waals surface area (Å²) >= 11 is 18.4. The number of halogens is 3. The summed E-state index contributed by atoms with van der Waals surface area (Å²) in [5, 5.41) is 5.37. The molecule has 0 spiro atoms. The lowest BCUT2D eigenvalue weighted by Gasteiger charge is -2.45. The Bertz CT molecular complexity index is 956. The summed E-state index contributed by atoms with van der Waals surface area (Å²) in [6.07, 6.45) is 2.59. The van der Waals surface area contributed by atoms with E-state index in [0.717, 1.165) is 17.7 Å². The fourth-order valence-electron chi connectivity index (χ4n) is 3.60. The quantitative estimate of drug-likeness (QED) is 0.462. The molecule has 0 fully saturated rings. The maximum Gasteiger partial charge on any atom is 0.272 e. The van der Waals surface area contributed by atoms with Crippen LogP contribution >= 0.6 is 34.8 Å². The summed E-state index contributed by atoms with van der Waals surface area (Å²) in [6, 6.07) is 8.68. The summed E-state index contributed by atoms with van der Waals surface area (Å²) < 4.78 is 0. The van der Waals surface area contributed by atoms with Crippen molar-refractivity contribution >= 4 is 52.6 Å². The summed E-state index contributed by atoms with van der Waals surface area (Å²) in [7, 11) is 2.09. The first-order chi connectivity index (χ1) is 13.1. The van der Waals surface area contributed by atoms with Gasteiger partial charge in [-0.05, 0) is 62.1 Å². The van der Waals surface area contributed by atoms with Crippen LogP contribution in [0.3, 0.4) is 0 Å². The molecule has 1 aliphatic heterocycles.